The predicted octanol–water partition coefficient (Wildman–Crippen LogP) is 1.56. The molecule has 0 aliphatic carbocycles. The van der Waals surface area contributed by atoms with Crippen LogP contribution in [0, 0.1) is 0 Å². The average Bonchev–Trinajstić information content (AvgIpc) is 2.17. The highest BCUT2D eigenvalue weighted by atomic mass is 32.2. The Labute approximate surface area is 81.1 Å². The molecule has 0 aliphatic heterocycles. The Bertz CT molecular complexity index is 282. The van der Waals surface area contributed by atoms with Crippen LogP contribution in [0.5, 0.6) is 0 Å². The summed E-state index contributed by atoms with van der Waals surface area (Å²) in [6.45, 7) is 3.44. The third-order valence-corrected chi connectivity index (χ3v) is 3.80. The Morgan fingerprint density at radius 2 is 1.77 bits per heavy atom. The van der Waals surface area contributed by atoms with Gasteiger partial charge in [-0.25, -0.2) is 0 Å². The lowest BCUT2D eigenvalue weighted by molar-refractivity contribution is 0.194. The van der Waals surface area contributed by atoms with Crippen molar-refractivity contribution in [3.8, 4) is 0 Å². The lowest BCUT2D eigenvalue weighted by Gasteiger charge is -2.13. The molecule has 1 N–H and O–H groups in total. The van der Waals surface area contributed by atoms with Crippen molar-refractivity contribution in [2.45, 2.75) is 30.1 Å². The van der Waals surface area contributed by atoms with Gasteiger partial charge in [-0.05, 0) is 26.0 Å². The minimum Gasteiger partial charge on any atom is -0.392 e. The topological polar surface area (TPSA) is 37.3 Å². The molecule has 2 nitrogen and oxygen atoms in total. The maximum absolute atomic E-state index is 11.7. The summed E-state index contributed by atoms with van der Waals surface area (Å²) < 4.78 is 11.7. The van der Waals surface area contributed by atoms with Crippen LogP contribution in [0.25, 0.3) is 0 Å². The largest absolute Gasteiger partial charge is 0.392 e. The quantitative estimate of drug-likeness (QED) is 0.800. The van der Waals surface area contributed by atoms with E-state index >= 15 is 0 Å². The Kier molecular flexibility index (Phi) is 3.63. The summed E-state index contributed by atoms with van der Waals surface area (Å²) in [5, 5.41) is 9.04. The molecule has 1 aromatic rings. The van der Waals surface area contributed by atoms with Gasteiger partial charge < -0.3 is 5.11 Å². The first-order chi connectivity index (χ1) is 6.13. The second kappa shape index (κ2) is 4.53. The van der Waals surface area contributed by atoms with Crippen molar-refractivity contribution in [3.05, 3.63) is 30.3 Å². The molecule has 0 saturated carbocycles. The SMILES string of the molecule is C[C@H]([C@@H](C)O)S(=O)c1ccccc1. The Hall–Kier alpha value is -0.670. The highest BCUT2D eigenvalue weighted by Crippen LogP contribution is 2.12. The summed E-state index contributed by atoms with van der Waals surface area (Å²) in [5.74, 6) is 0. The molecule has 0 radical (unpaired) electrons. The van der Waals surface area contributed by atoms with Gasteiger partial charge in [-0.15, -0.1) is 0 Å². The molecule has 0 aliphatic rings. The van der Waals surface area contributed by atoms with Gasteiger partial charge in [0.2, 0.25) is 0 Å². The third kappa shape index (κ3) is 2.64. The highest BCUT2D eigenvalue weighted by molar-refractivity contribution is 7.85. The van der Waals surface area contributed by atoms with Gasteiger partial charge in [0.25, 0.3) is 0 Å². The van der Waals surface area contributed by atoms with Gasteiger partial charge >= 0.3 is 0 Å². The van der Waals surface area contributed by atoms with E-state index in [1.54, 1.807) is 13.8 Å². The van der Waals surface area contributed by atoms with Crippen LogP contribution in [0.3, 0.4) is 0 Å². The molecule has 0 fully saturated rings. The van der Waals surface area contributed by atoms with E-state index in [0.717, 1.165) is 4.90 Å². The fourth-order valence-electron chi connectivity index (χ4n) is 0.948. The molecular weight excluding hydrogens is 184 g/mol. The molecule has 0 aromatic heterocycles. The second-order valence-electron chi connectivity index (χ2n) is 3.06. The third-order valence-electron chi connectivity index (χ3n) is 1.99. The van der Waals surface area contributed by atoms with Gasteiger partial charge in [0.1, 0.15) is 0 Å². The van der Waals surface area contributed by atoms with E-state index in [1.807, 2.05) is 30.3 Å². The van der Waals surface area contributed by atoms with E-state index in [2.05, 4.69) is 0 Å². The van der Waals surface area contributed by atoms with E-state index in [0.29, 0.717) is 0 Å². The van der Waals surface area contributed by atoms with Gasteiger partial charge in [0, 0.05) is 4.90 Å². The molecule has 13 heavy (non-hydrogen) atoms. The summed E-state index contributed by atoms with van der Waals surface area (Å²) in [7, 11) is -1.11. The monoisotopic (exact) mass is 198 g/mol. The fourth-order valence-corrected chi connectivity index (χ4v) is 2.16. The Morgan fingerprint density at radius 3 is 2.23 bits per heavy atom. The van der Waals surface area contributed by atoms with Crippen LogP contribution in [0.15, 0.2) is 35.2 Å². The van der Waals surface area contributed by atoms with Crippen molar-refractivity contribution in [1.82, 2.24) is 0 Å². The molecule has 0 bridgehead atoms. The summed E-state index contributed by atoms with van der Waals surface area (Å²) in [5.41, 5.74) is 0. The zero-order chi connectivity index (χ0) is 9.84. The van der Waals surface area contributed by atoms with E-state index in [-0.39, 0.29) is 5.25 Å². The first-order valence-corrected chi connectivity index (χ1v) is 5.48. The van der Waals surface area contributed by atoms with Gasteiger partial charge in [-0.2, -0.15) is 0 Å². The zero-order valence-electron chi connectivity index (χ0n) is 7.81. The van der Waals surface area contributed by atoms with Crippen LogP contribution in [0.4, 0.5) is 0 Å². The van der Waals surface area contributed by atoms with Gasteiger partial charge in [-0.1, -0.05) is 18.2 Å². The van der Waals surface area contributed by atoms with Crippen LogP contribution in [-0.2, 0) is 10.8 Å². The average molecular weight is 198 g/mol. The summed E-state index contributed by atoms with van der Waals surface area (Å²) >= 11 is 0. The Morgan fingerprint density at radius 1 is 1.23 bits per heavy atom. The predicted molar refractivity (Wildman–Crippen MR) is 54.0 cm³/mol. The van der Waals surface area contributed by atoms with E-state index in [9.17, 15) is 9.32 Å². The molecule has 0 saturated heterocycles. The molecule has 1 unspecified atom stereocenters. The lowest BCUT2D eigenvalue weighted by Crippen LogP contribution is -2.24. The number of hydrogen-bond donors (Lipinski definition) is 1. The van der Waals surface area contributed by atoms with Crippen molar-refractivity contribution in [1.29, 1.82) is 0 Å². The molecule has 3 atom stereocenters. The van der Waals surface area contributed by atoms with E-state index in [1.165, 1.54) is 0 Å². The minimum absolute atomic E-state index is 0.220. The van der Waals surface area contributed by atoms with Crippen LogP contribution >= 0.6 is 0 Å². The summed E-state index contributed by atoms with van der Waals surface area (Å²) in [6.07, 6.45) is -0.541. The van der Waals surface area contributed by atoms with Crippen LogP contribution < -0.4 is 0 Å². The van der Waals surface area contributed by atoms with E-state index in [4.69, 9.17) is 0 Å². The molecule has 1 rings (SSSR count). The fraction of sp³-hybridized carbons (Fsp3) is 0.400. The van der Waals surface area contributed by atoms with Gasteiger partial charge in [0.15, 0.2) is 0 Å². The summed E-state index contributed by atoms with van der Waals surface area (Å²) in [4.78, 5) is 0.774. The zero-order valence-corrected chi connectivity index (χ0v) is 8.62. The summed E-state index contributed by atoms with van der Waals surface area (Å²) in [6, 6.07) is 9.21. The molecule has 1 aromatic carbocycles. The minimum atomic E-state index is -1.11. The lowest BCUT2D eigenvalue weighted by atomic mass is 10.3. The second-order valence-corrected chi connectivity index (χ2v) is 4.87. The number of rotatable bonds is 3. The molecule has 3 heteroatoms. The van der Waals surface area contributed by atoms with Crippen LogP contribution in [0.2, 0.25) is 0 Å². The Balaban J connectivity index is 2.80. The number of benzene rings is 1. The highest BCUT2D eigenvalue weighted by Gasteiger charge is 2.17. The maximum atomic E-state index is 11.7. The van der Waals surface area contributed by atoms with Crippen LogP contribution in [-0.4, -0.2) is 20.7 Å². The van der Waals surface area contributed by atoms with Gasteiger partial charge in [-0.3, -0.25) is 4.21 Å². The number of aliphatic hydroxyl groups excluding tert-OH is 1. The normalized spacial score (nSPS) is 17.8. The number of hydrogen-bond acceptors (Lipinski definition) is 2. The van der Waals surface area contributed by atoms with Gasteiger partial charge in [0.05, 0.1) is 22.2 Å². The van der Waals surface area contributed by atoms with Crippen molar-refractivity contribution in [3.63, 3.8) is 0 Å². The molecule has 0 spiro atoms. The molecule has 0 heterocycles. The molecular formula is C10H14O2S. The maximum Gasteiger partial charge on any atom is 0.0656 e. The number of aliphatic hydroxyl groups is 1. The van der Waals surface area contributed by atoms with Crippen molar-refractivity contribution >= 4 is 10.8 Å². The van der Waals surface area contributed by atoms with Crippen molar-refractivity contribution in [2.75, 3.05) is 0 Å². The first-order valence-electron chi connectivity index (χ1n) is 4.26. The van der Waals surface area contributed by atoms with Crippen molar-refractivity contribution in [2.24, 2.45) is 0 Å². The standard InChI is InChI=1S/C10H14O2S/c1-8(11)9(2)13(12)10-6-4-3-5-7-10/h3-9,11H,1-2H3/t8-,9-,13?/m1/s1. The first kappa shape index (κ1) is 10.4. The van der Waals surface area contributed by atoms with E-state index < -0.39 is 16.9 Å². The molecule has 72 valence electrons. The smallest absolute Gasteiger partial charge is 0.0656 e. The van der Waals surface area contributed by atoms with Crippen molar-refractivity contribution < 1.29 is 9.32 Å². The molecule has 0 amide bonds. The van der Waals surface area contributed by atoms with Crippen LogP contribution in [0.1, 0.15) is 13.8 Å².